The minimum absolute atomic E-state index is 0.0410. The van der Waals surface area contributed by atoms with Crippen LogP contribution in [0.5, 0.6) is 5.75 Å². The van der Waals surface area contributed by atoms with Crippen LogP contribution < -0.4 is 11.5 Å². The zero-order valence-electron chi connectivity index (χ0n) is 14.4. The van der Waals surface area contributed by atoms with Gasteiger partial charge in [-0.05, 0) is 36.4 Å². The molecule has 0 saturated carbocycles. The van der Waals surface area contributed by atoms with Gasteiger partial charge in [0.2, 0.25) is 0 Å². The molecule has 28 heavy (non-hydrogen) atoms. The molecule has 0 aliphatic rings. The average molecular weight is 374 g/mol. The summed E-state index contributed by atoms with van der Waals surface area (Å²) in [6.07, 6.45) is 2.98. The van der Waals surface area contributed by atoms with Crippen LogP contribution in [-0.4, -0.2) is 37.0 Å². The number of pyridine rings is 1. The second kappa shape index (κ2) is 6.47. The number of aromatic nitrogens is 4. The molecule has 0 aliphatic carbocycles. The highest BCUT2D eigenvalue weighted by Gasteiger charge is 2.25. The lowest BCUT2D eigenvalue weighted by Crippen LogP contribution is -2.17. The molecule has 0 fully saturated rings. The number of anilines is 1. The molecule has 0 radical (unpaired) electrons. The molecule has 9 nitrogen and oxygen atoms in total. The average Bonchev–Trinajstić information content (AvgIpc) is 3.12. The number of H-pyrrole nitrogens is 1. The fourth-order valence-corrected chi connectivity index (χ4v) is 2.99. The normalized spacial score (nSPS) is 10.9. The number of aromatic hydroxyl groups is 1. The van der Waals surface area contributed by atoms with E-state index in [4.69, 9.17) is 11.5 Å². The van der Waals surface area contributed by atoms with Crippen LogP contribution in [0.15, 0.2) is 48.8 Å². The third-order valence-electron chi connectivity index (χ3n) is 4.28. The van der Waals surface area contributed by atoms with Crippen LogP contribution in [0.2, 0.25) is 0 Å². The predicted octanol–water partition coefficient (Wildman–Crippen LogP) is 1.64. The first-order valence-electron chi connectivity index (χ1n) is 8.19. The Bertz CT molecular complexity index is 1230. The Kier molecular flexibility index (Phi) is 3.96. The third kappa shape index (κ3) is 2.71. The van der Waals surface area contributed by atoms with Crippen molar-refractivity contribution in [1.82, 2.24) is 20.2 Å². The number of nitrogen functional groups attached to an aromatic ring is 1. The maximum atomic E-state index is 13.1. The highest BCUT2D eigenvalue weighted by atomic mass is 16.3. The van der Waals surface area contributed by atoms with Crippen molar-refractivity contribution in [3.05, 3.63) is 65.6 Å². The first kappa shape index (κ1) is 17.2. The minimum Gasteiger partial charge on any atom is -0.508 e. The van der Waals surface area contributed by atoms with E-state index >= 15 is 0 Å². The van der Waals surface area contributed by atoms with Gasteiger partial charge in [-0.3, -0.25) is 14.6 Å². The molecule has 3 heterocycles. The fraction of sp³-hybridized carbons (Fsp3) is 0. The quantitative estimate of drug-likeness (QED) is 0.395. The molecule has 4 rings (SSSR count). The number of nitrogens with two attached hydrogens (primary N) is 2. The minimum atomic E-state index is -0.821. The lowest BCUT2D eigenvalue weighted by molar-refractivity contribution is 0.0993. The van der Waals surface area contributed by atoms with E-state index in [9.17, 15) is 14.7 Å². The van der Waals surface area contributed by atoms with Gasteiger partial charge >= 0.3 is 0 Å². The molecule has 1 amide bonds. The number of primary amides is 1. The smallest absolute Gasteiger partial charge is 0.269 e. The maximum Gasteiger partial charge on any atom is 0.269 e. The van der Waals surface area contributed by atoms with E-state index in [1.54, 1.807) is 12.1 Å². The summed E-state index contributed by atoms with van der Waals surface area (Å²) in [6, 6.07) is 9.08. The van der Waals surface area contributed by atoms with Crippen LogP contribution in [0.25, 0.3) is 22.3 Å². The van der Waals surface area contributed by atoms with E-state index in [-0.39, 0.29) is 39.7 Å². The van der Waals surface area contributed by atoms with Gasteiger partial charge in [0, 0.05) is 28.9 Å². The van der Waals surface area contributed by atoms with Gasteiger partial charge in [-0.2, -0.15) is 0 Å². The third-order valence-corrected chi connectivity index (χ3v) is 4.28. The number of hydrogen-bond donors (Lipinski definition) is 4. The molecule has 3 aromatic heterocycles. The number of carbonyl (C=O) groups excluding carboxylic acids is 2. The first-order chi connectivity index (χ1) is 13.5. The summed E-state index contributed by atoms with van der Waals surface area (Å²) < 4.78 is 0. The van der Waals surface area contributed by atoms with Crippen molar-refractivity contribution in [2.45, 2.75) is 0 Å². The lowest BCUT2D eigenvalue weighted by Gasteiger charge is -2.10. The van der Waals surface area contributed by atoms with Crippen molar-refractivity contribution >= 4 is 28.4 Å². The lowest BCUT2D eigenvalue weighted by atomic mass is 9.97. The Balaban J connectivity index is 2.04. The molecule has 0 saturated heterocycles. The number of phenols is 1. The summed E-state index contributed by atoms with van der Waals surface area (Å²) >= 11 is 0. The summed E-state index contributed by atoms with van der Waals surface area (Å²) in [7, 11) is 0. The number of phenolic OH excluding ortho intramolecular Hbond substituents is 1. The van der Waals surface area contributed by atoms with Gasteiger partial charge in [-0.15, -0.1) is 10.2 Å². The van der Waals surface area contributed by atoms with Gasteiger partial charge in [0.25, 0.3) is 5.91 Å². The second-order valence-electron chi connectivity index (χ2n) is 6.03. The maximum absolute atomic E-state index is 13.1. The van der Waals surface area contributed by atoms with Crippen LogP contribution in [0.4, 0.5) is 5.69 Å². The highest BCUT2D eigenvalue weighted by molar-refractivity contribution is 6.20. The largest absolute Gasteiger partial charge is 0.508 e. The Morgan fingerprint density at radius 2 is 1.82 bits per heavy atom. The van der Waals surface area contributed by atoms with E-state index in [0.717, 1.165) is 0 Å². The molecule has 0 spiro atoms. The number of rotatable bonds is 4. The summed E-state index contributed by atoms with van der Waals surface area (Å²) in [5, 5.41) is 17.6. The number of ketones is 1. The molecule has 1 aromatic carbocycles. The van der Waals surface area contributed by atoms with Crippen molar-refractivity contribution in [1.29, 1.82) is 0 Å². The summed E-state index contributed by atoms with van der Waals surface area (Å²) in [4.78, 5) is 32.2. The number of hydrogen-bond acceptors (Lipinski definition) is 7. The van der Waals surface area contributed by atoms with Crippen LogP contribution in [0.3, 0.4) is 0 Å². The Morgan fingerprint density at radius 1 is 1.07 bits per heavy atom. The standard InChI is InChI=1S/C19H14N6O3/c20-12-2-1-7-22-15(12)14-13-11(17(27)9-3-5-10(26)6-4-9)8-23-19(13)25-24-16(14)18(21)28/h1-8,26H,20H2,(H2,21,28)(H,23,25). The van der Waals surface area contributed by atoms with E-state index in [2.05, 4.69) is 20.2 Å². The molecule has 0 unspecified atom stereocenters. The molecule has 0 aliphatic heterocycles. The van der Waals surface area contributed by atoms with E-state index in [0.29, 0.717) is 16.6 Å². The molecule has 0 atom stereocenters. The monoisotopic (exact) mass is 374 g/mol. The molecule has 0 bridgehead atoms. The summed E-state index contributed by atoms with van der Waals surface area (Å²) in [5.41, 5.74) is 13.1. The Hall–Kier alpha value is -4.27. The Morgan fingerprint density at radius 3 is 2.50 bits per heavy atom. The van der Waals surface area contributed by atoms with Gasteiger partial charge in [-0.25, -0.2) is 0 Å². The van der Waals surface area contributed by atoms with E-state index < -0.39 is 5.91 Å². The van der Waals surface area contributed by atoms with Gasteiger partial charge < -0.3 is 21.6 Å². The van der Waals surface area contributed by atoms with Crippen LogP contribution in [0.1, 0.15) is 26.4 Å². The number of benzene rings is 1. The number of nitrogens with one attached hydrogen (secondary N) is 1. The number of amides is 1. The number of nitrogens with zero attached hydrogens (tertiary/aromatic N) is 3. The van der Waals surface area contributed by atoms with Gasteiger partial charge in [-0.1, -0.05) is 0 Å². The molecule has 4 aromatic rings. The molecule has 6 N–H and O–H groups in total. The van der Waals surface area contributed by atoms with Gasteiger partial charge in [0.15, 0.2) is 17.1 Å². The second-order valence-corrected chi connectivity index (χ2v) is 6.03. The van der Waals surface area contributed by atoms with Gasteiger partial charge in [0.1, 0.15) is 5.75 Å². The van der Waals surface area contributed by atoms with Crippen molar-refractivity contribution in [3.63, 3.8) is 0 Å². The molecule has 9 heteroatoms. The highest BCUT2D eigenvalue weighted by Crippen LogP contribution is 2.34. The topological polar surface area (TPSA) is 161 Å². The van der Waals surface area contributed by atoms with Crippen molar-refractivity contribution in [2.24, 2.45) is 5.73 Å². The molecule has 138 valence electrons. The summed E-state index contributed by atoms with van der Waals surface area (Å²) in [5.74, 6) is -1.12. The SMILES string of the molecule is NC(=O)c1nnc2[nH]cc(C(=O)c3ccc(O)cc3)c2c1-c1ncccc1N. The van der Waals surface area contributed by atoms with Crippen LogP contribution >= 0.6 is 0 Å². The van der Waals surface area contributed by atoms with Crippen molar-refractivity contribution in [3.8, 4) is 17.0 Å². The zero-order chi connectivity index (χ0) is 19.8. The van der Waals surface area contributed by atoms with E-state index in [1.807, 2.05) is 0 Å². The molecular weight excluding hydrogens is 360 g/mol. The first-order valence-corrected chi connectivity index (χ1v) is 8.19. The number of carbonyl (C=O) groups is 2. The fourth-order valence-electron chi connectivity index (χ4n) is 2.99. The van der Waals surface area contributed by atoms with Crippen molar-refractivity contribution in [2.75, 3.05) is 5.73 Å². The predicted molar refractivity (Wildman–Crippen MR) is 102 cm³/mol. The molecular formula is C19H14N6O3. The van der Waals surface area contributed by atoms with Crippen LogP contribution in [0, 0.1) is 0 Å². The summed E-state index contributed by atoms with van der Waals surface area (Å²) in [6.45, 7) is 0. The van der Waals surface area contributed by atoms with E-state index in [1.165, 1.54) is 36.7 Å². The number of fused-ring (bicyclic) bond motifs is 1. The Labute approximate surface area is 158 Å². The van der Waals surface area contributed by atoms with Gasteiger partial charge in [0.05, 0.1) is 16.9 Å². The zero-order valence-corrected chi connectivity index (χ0v) is 14.4. The van der Waals surface area contributed by atoms with Crippen molar-refractivity contribution < 1.29 is 14.7 Å². The van der Waals surface area contributed by atoms with Crippen LogP contribution in [-0.2, 0) is 0 Å². The number of aromatic amines is 1.